The van der Waals surface area contributed by atoms with Gasteiger partial charge >= 0.3 is 0 Å². The first-order chi connectivity index (χ1) is 7.75. The third kappa shape index (κ3) is 3.18. The summed E-state index contributed by atoms with van der Waals surface area (Å²) < 4.78 is 26.4. The predicted octanol–water partition coefficient (Wildman–Crippen LogP) is 0.545. The molecule has 17 heavy (non-hydrogen) atoms. The van der Waals surface area contributed by atoms with Gasteiger partial charge in [-0.25, -0.2) is 13.1 Å². The largest absolute Gasteiger partial charge is 0.397 e. The first-order valence-electron chi connectivity index (χ1n) is 5.29. The van der Waals surface area contributed by atoms with Gasteiger partial charge in [0.15, 0.2) is 0 Å². The number of benzene rings is 1. The number of aryl methyl sites for hydroxylation is 2. The maximum Gasteiger partial charge on any atom is 0.242 e. The number of hydrogen-bond donors (Lipinski definition) is 3. The van der Waals surface area contributed by atoms with E-state index in [0.29, 0.717) is 11.1 Å². The molecule has 0 aromatic heterocycles. The minimum absolute atomic E-state index is 0.0326. The van der Waals surface area contributed by atoms with Crippen molar-refractivity contribution >= 4 is 15.7 Å². The summed E-state index contributed by atoms with van der Waals surface area (Å²) in [5.74, 6) is 0. The zero-order valence-electron chi connectivity index (χ0n) is 10.2. The Morgan fingerprint density at radius 3 is 2.41 bits per heavy atom. The molecule has 0 radical (unpaired) electrons. The zero-order chi connectivity index (χ0) is 13.2. The fraction of sp³-hybridized carbons (Fsp3) is 0.455. The van der Waals surface area contributed by atoms with Crippen LogP contribution in [0.4, 0.5) is 5.69 Å². The lowest BCUT2D eigenvalue weighted by Gasteiger charge is -2.14. The van der Waals surface area contributed by atoms with E-state index >= 15 is 0 Å². The summed E-state index contributed by atoms with van der Waals surface area (Å²) in [5, 5.41) is 9.10. The monoisotopic (exact) mass is 258 g/mol. The Labute approximate surface area is 102 Å². The highest BCUT2D eigenvalue weighted by Gasteiger charge is 2.21. The molecular weight excluding hydrogens is 240 g/mol. The van der Waals surface area contributed by atoms with Crippen molar-refractivity contribution in [3.8, 4) is 0 Å². The van der Waals surface area contributed by atoms with Gasteiger partial charge in [0.05, 0.1) is 11.8 Å². The van der Waals surface area contributed by atoms with E-state index in [4.69, 9.17) is 10.8 Å². The number of nitrogens with two attached hydrogens (primary N) is 1. The van der Waals surface area contributed by atoms with E-state index in [0.717, 1.165) is 0 Å². The van der Waals surface area contributed by atoms with Crippen molar-refractivity contribution in [2.75, 3.05) is 12.3 Å². The van der Waals surface area contributed by atoms with E-state index in [2.05, 4.69) is 4.72 Å². The molecule has 0 aliphatic carbocycles. The van der Waals surface area contributed by atoms with E-state index in [1.54, 1.807) is 26.0 Å². The summed E-state index contributed by atoms with van der Waals surface area (Å²) in [6.45, 7) is 4.92. The molecule has 96 valence electrons. The molecule has 1 rings (SSSR count). The number of anilines is 1. The molecule has 1 aromatic carbocycles. The molecule has 0 amide bonds. The lowest BCUT2D eigenvalue weighted by molar-refractivity contribution is 0.198. The Kier molecular flexibility index (Phi) is 4.13. The Morgan fingerprint density at radius 1 is 1.35 bits per heavy atom. The molecule has 1 atom stereocenters. The van der Waals surface area contributed by atoms with Gasteiger partial charge in [0.25, 0.3) is 0 Å². The first-order valence-corrected chi connectivity index (χ1v) is 6.77. The van der Waals surface area contributed by atoms with Gasteiger partial charge in [0.1, 0.15) is 4.90 Å². The van der Waals surface area contributed by atoms with Crippen LogP contribution in [0.5, 0.6) is 0 Å². The molecule has 0 fully saturated rings. The number of sulfonamides is 1. The molecule has 0 aliphatic rings. The van der Waals surface area contributed by atoms with Crippen LogP contribution < -0.4 is 10.5 Å². The quantitative estimate of drug-likeness (QED) is 0.687. The second-order valence-electron chi connectivity index (χ2n) is 4.14. The van der Waals surface area contributed by atoms with Crippen LogP contribution in [-0.2, 0) is 10.0 Å². The SMILES string of the molecule is Cc1ccc(C)c(S(=O)(=O)NCC(C)O)c1N. The molecular formula is C11H18N2O3S. The van der Waals surface area contributed by atoms with Crippen LogP contribution in [0.2, 0.25) is 0 Å². The summed E-state index contributed by atoms with van der Waals surface area (Å²) in [6.07, 6.45) is -0.740. The van der Waals surface area contributed by atoms with Crippen LogP contribution in [0.1, 0.15) is 18.1 Å². The minimum atomic E-state index is -3.67. The van der Waals surface area contributed by atoms with Gasteiger partial charge in [-0.2, -0.15) is 0 Å². The van der Waals surface area contributed by atoms with E-state index in [9.17, 15) is 8.42 Å². The lowest BCUT2D eigenvalue weighted by atomic mass is 10.1. The predicted molar refractivity (Wildman–Crippen MR) is 67.2 cm³/mol. The van der Waals surface area contributed by atoms with E-state index in [1.807, 2.05) is 0 Å². The van der Waals surface area contributed by atoms with Gasteiger partial charge < -0.3 is 10.8 Å². The van der Waals surface area contributed by atoms with Gasteiger partial charge in [-0.1, -0.05) is 12.1 Å². The van der Waals surface area contributed by atoms with Gasteiger partial charge in [0, 0.05) is 6.54 Å². The van der Waals surface area contributed by atoms with Crippen molar-refractivity contribution in [2.45, 2.75) is 31.8 Å². The topological polar surface area (TPSA) is 92.4 Å². The molecule has 5 nitrogen and oxygen atoms in total. The number of nitrogen functional groups attached to an aromatic ring is 1. The summed E-state index contributed by atoms with van der Waals surface area (Å²) in [4.78, 5) is 0.0955. The standard InChI is InChI=1S/C11H18N2O3S/c1-7-4-5-8(2)11(10(7)12)17(15,16)13-6-9(3)14/h4-5,9,13-14H,6,12H2,1-3H3. The maximum absolute atomic E-state index is 12.0. The van der Waals surface area contributed by atoms with Crippen LogP contribution in [-0.4, -0.2) is 26.2 Å². The van der Waals surface area contributed by atoms with Crippen LogP contribution in [0.15, 0.2) is 17.0 Å². The van der Waals surface area contributed by atoms with Crippen LogP contribution in [0, 0.1) is 13.8 Å². The summed E-state index contributed by atoms with van der Waals surface area (Å²) in [6, 6.07) is 3.49. The number of aliphatic hydroxyl groups excluding tert-OH is 1. The van der Waals surface area contributed by atoms with E-state index in [1.165, 1.54) is 6.92 Å². The van der Waals surface area contributed by atoms with Gasteiger partial charge in [-0.3, -0.25) is 0 Å². The Hall–Kier alpha value is -1.11. The Bertz CT molecular complexity index is 510. The van der Waals surface area contributed by atoms with Crippen molar-refractivity contribution in [2.24, 2.45) is 0 Å². The van der Waals surface area contributed by atoms with Gasteiger partial charge in [-0.15, -0.1) is 0 Å². The fourth-order valence-corrected chi connectivity index (χ4v) is 3.01. The van der Waals surface area contributed by atoms with Crippen molar-refractivity contribution < 1.29 is 13.5 Å². The molecule has 0 saturated heterocycles. The van der Waals surface area contributed by atoms with Crippen molar-refractivity contribution in [1.29, 1.82) is 0 Å². The number of hydrogen-bond acceptors (Lipinski definition) is 4. The van der Waals surface area contributed by atoms with Gasteiger partial charge in [-0.05, 0) is 31.9 Å². The van der Waals surface area contributed by atoms with Crippen molar-refractivity contribution in [1.82, 2.24) is 4.72 Å². The molecule has 6 heteroatoms. The lowest BCUT2D eigenvalue weighted by Crippen LogP contribution is -2.31. The zero-order valence-corrected chi connectivity index (χ0v) is 11.0. The van der Waals surface area contributed by atoms with Crippen LogP contribution in [0.3, 0.4) is 0 Å². The molecule has 0 spiro atoms. The van der Waals surface area contributed by atoms with E-state index in [-0.39, 0.29) is 17.1 Å². The smallest absolute Gasteiger partial charge is 0.242 e. The summed E-state index contributed by atoms with van der Waals surface area (Å²) in [7, 11) is -3.67. The third-order valence-electron chi connectivity index (χ3n) is 2.45. The summed E-state index contributed by atoms with van der Waals surface area (Å²) in [5.41, 5.74) is 7.35. The maximum atomic E-state index is 12.0. The molecule has 0 saturated carbocycles. The van der Waals surface area contributed by atoms with Crippen molar-refractivity contribution in [3.63, 3.8) is 0 Å². The highest BCUT2D eigenvalue weighted by molar-refractivity contribution is 7.89. The second-order valence-corrected chi connectivity index (χ2v) is 5.85. The average molecular weight is 258 g/mol. The first kappa shape index (κ1) is 14.0. The number of aliphatic hydroxyl groups is 1. The Morgan fingerprint density at radius 2 is 1.88 bits per heavy atom. The third-order valence-corrected chi connectivity index (χ3v) is 4.07. The van der Waals surface area contributed by atoms with Crippen molar-refractivity contribution in [3.05, 3.63) is 23.3 Å². The summed E-state index contributed by atoms with van der Waals surface area (Å²) >= 11 is 0. The molecule has 1 unspecified atom stereocenters. The van der Waals surface area contributed by atoms with Crippen LogP contribution >= 0.6 is 0 Å². The molecule has 1 aromatic rings. The molecule has 0 heterocycles. The number of nitrogens with one attached hydrogen (secondary N) is 1. The van der Waals surface area contributed by atoms with E-state index < -0.39 is 16.1 Å². The normalized spacial score (nSPS) is 13.6. The fourth-order valence-electron chi connectivity index (χ4n) is 1.47. The molecule has 4 N–H and O–H groups in total. The van der Waals surface area contributed by atoms with Gasteiger partial charge in [0.2, 0.25) is 10.0 Å². The molecule has 0 bridgehead atoms. The number of rotatable bonds is 4. The van der Waals surface area contributed by atoms with Crippen LogP contribution in [0.25, 0.3) is 0 Å². The molecule has 0 aliphatic heterocycles. The minimum Gasteiger partial charge on any atom is -0.397 e. The highest BCUT2D eigenvalue weighted by atomic mass is 32.2. The average Bonchev–Trinajstić information content (AvgIpc) is 2.21. The Balaban J connectivity index is 3.19. The highest BCUT2D eigenvalue weighted by Crippen LogP contribution is 2.25. The second kappa shape index (κ2) is 5.03.